The van der Waals surface area contributed by atoms with Crippen LogP contribution in [-0.4, -0.2) is 22.8 Å². The molecule has 7 heteroatoms. The molecule has 21 heavy (non-hydrogen) atoms. The van der Waals surface area contributed by atoms with E-state index in [0.29, 0.717) is 18.7 Å². The predicted molar refractivity (Wildman–Crippen MR) is 72.8 cm³/mol. The van der Waals surface area contributed by atoms with E-state index < -0.39 is 11.7 Å². The maximum absolute atomic E-state index is 12.8. The fourth-order valence-electron chi connectivity index (χ4n) is 2.94. The van der Waals surface area contributed by atoms with Crippen molar-refractivity contribution in [2.24, 2.45) is 0 Å². The second kappa shape index (κ2) is 4.62. The van der Waals surface area contributed by atoms with Gasteiger partial charge in [0.1, 0.15) is 0 Å². The Morgan fingerprint density at radius 2 is 2.14 bits per heavy atom. The van der Waals surface area contributed by atoms with Gasteiger partial charge in [0.25, 0.3) is 0 Å². The molecule has 0 radical (unpaired) electrons. The minimum absolute atomic E-state index is 0.220. The van der Waals surface area contributed by atoms with Crippen LogP contribution in [0.2, 0.25) is 0 Å². The Labute approximate surface area is 119 Å². The number of aromatic nitrogens is 2. The van der Waals surface area contributed by atoms with E-state index in [4.69, 9.17) is 10.5 Å². The Balaban J connectivity index is 2.14. The number of hydrogen-bond donors (Lipinski definition) is 1. The number of alkyl halides is 3. The first-order valence-corrected chi connectivity index (χ1v) is 6.75. The summed E-state index contributed by atoms with van der Waals surface area (Å²) in [6, 6.07) is 3.53. The molecule has 1 atom stereocenters. The molecule has 1 aliphatic rings. The molecule has 2 aromatic rings. The van der Waals surface area contributed by atoms with Crippen LogP contribution in [0.15, 0.2) is 18.2 Å². The van der Waals surface area contributed by atoms with Crippen LogP contribution in [0.25, 0.3) is 11.0 Å². The van der Waals surface area contributed by atoms with E-state index in [1.54, 1.807) is 4.57 Å². The fraction of sp³-hybridized carbons (Fsp3) is 0.500. The normalized spacial score (nSPS) is 23.6. The second-order valence-electron chi connectivity index (χ2n) is 5.66. The molecular formula is C14H16F3N3O. The Bertz CT molecular complexity index is 672. The quantitative estimate of drug-likeness (QED) is 0.880. The van der Waals surface area contributed by atoms with Crippen LogP contribution in [0.4, 0.5) is 19.1 Å². The second-order valence-corrected chi connectivity index (χ2v) is 5.66. The zero-order chi connectivity index (χ0) is 15.3. The molecule has 0 spiro atoms. The highest BCUT2D eigenvalue weighted by Crippen LogP contribution is 2.36. The Morgan fingerprint density at radius 3 is 2.76 bits per heavy atom. The molecule has 114 valence electrons. The molecule has 0 bridgehead atoms. The third-order valence-electron chi connectivity index (χ3n) is 3.96. The molecule has 0 saturated carbocycles. The van der Waals surface area contributed by atoms with Crippen LogP contribution in [0.3, 0.4) is 0 Å². The van der Waals surface area contributed by atoms with Gasteiger partial charge in [0, 0.05) is 6.61 Å². The number of benzene rings is 1. The van der Waals surface area contributed by atoms with Crippen LogP contribution in [0, 0.1) is 0 Å². The van der Waals surface area contributed by atoms with Crippen LogP contribution in [-0.2, 0) is 16.5 Å². The van der Waals surface area contributed by atoms with Crippen LogP contribution >= 0.6 is 0 Å². The van der Waals surface area contributed by atoms with Gasteiger partial charge in [-0.15, -0.1) is 0 Å². The molecule has 0 aliphatic carbocycles. The van der Waals surface area contributed by atoms with Crippen molar-refractivity contribution in [3.8, 4) is 0 Å². The molecule has 2 heterocycles. The number of rotatable bonds is 1. The Morgan fingerprint density at radius 1 is 1.38 bits per heavy atom. The lowest BCUT2D eigenvalue weighted by molar-refractivity contribution is -0.137. The van der Waals surface area contributed by atoms with E-state index in [9.17, 15) is 13.2 Å². The van der Waals surface area contributed by atoms with Crippen molar-refractivity contribution in [1.82, 2.24) is 9.55 Å². The van der Waals surface area contributed by atoms with Crippen LogP contribution < -0.4 is 5.73 Å². The van der Waals surface area contributed by atoms with Crippen molar-refractivity contribution in [3.05, 3.63) is 23.8 Å². The smallest absolute Gasteiger partial charge is 0.379 e. The first kappa shape index (κ1) is 14.2. The summed E-state index contributed by atoms with van der Waals surface area (Å²) < 4.78 is 45.6. The van der Waals surface area contributed by atoms with Crippen molar-refractivity contribution in [2.75, 3.05) is 18.9 Å². The lowest BCUT2D eigenvalue weighted by Crippen LogP contribution is -2.39. The van der Waals surface area contributed by atoms with Gasteiger partial charge in [-0.05, 0) is 38.0 Å². The van der Waals surface area contributed by atoms with Gasteiger partial charge < -0.3 is 15.0 Å². The summed E-state index contributed by atoms with van der Waals surface area (Å²) in [6.07, 6.45) is -2.65. The van der Waals surface area contributed by atoms with Crippen molar-refractivity contribution >= 4 is 17.0 Å². The summed E-state index contributed by atoms with van der Waals surface area (Å²) in [5.74, 6) is 0.220. The van der Waals surface area contributed by atoms with Gasteiger partial charge in [-0.25, -0.2) is 4.98 Å². The average molecular weight is 299 g/mol. The van der Waals surface area contributed by atoms with Crippen LogP contribution in [0.1, 0.15) is 25.3 Å². The number of imidazole rings is 1. The van der Waals surface area contributed by atoms with Crippen LogP contribution in [0.5, 0.6) is 0 Å². The maximum Gasteiger partial charge on any atom is 0.416 e. The molecule has 1 saturated heterocycles. The van der Waals surface area contributed by atoms with Gasteiger partial charge in [-0.2, -0.15) is 13.2 Å². The largest absolute Gasteiger partial charge is 0.416 e. The van der Waals surface area contributed by atoms with Gasteiger partial charge in [0.15, 0.2) is 0 Å². The van der Waals surface area contributed by atoms with E-state index in [2.05, 4.69) is 4.98 Å². The van der Waals surface area contributed by atoms with Gasteiger partial charge >= 0.3 is 6.18 Å². The predicted octanol–water partition coefficient (Wildman–Crippen LogP) is 3.16. The molecule has 1 aromatic carbocycles. The minimum atomic E-state index is -4.38. The molecule has 1 aromatic heterocycles. The monoisotopic (exact) mass is 299 g/mol. The number of nitrogens with zero attached hydrogens (tertiary/aromatic N) is 2. The topological polar surface area (TPSA) is 53.1 Å². The Hall–Kier alpha value is -1.76. The van der Waals surface area contributed by atoms with Gasteiger partial charge in [-0.3, -0.25) is 0 Å². The van der Waals surface area contributed by atoms with Crippen molar-refractivity contribution in [2.45, 2.75) is 31.5 Å². The maximum atomic E-state index is 12.8. The van der Waals surface area contributed by atoms with E-state index in [1.165, 1.54) is 6.07 Å². The SMILES string of the molecule is CC1(n2c(N)nc3cc(C(F)(F)F)ccc32)CCCOC1. The number of ether oxygens (including phenoxy) is 1. The standard InChI is InChI=1S/C14H16F3N3O/c1-13(5-2-6-21-8-13)20-11-4-3-9(14(15,16)17)7-10(11)19-12(20)18/h3-4,7H,2,5-6,8H2,1H3,(H2,18,19). The minimum Gasteiger partial charge on any atom is -0.379 e. The molecule has 4 nitrogen and oxygen atoms in total. The van der Waals surface area contributed by atoms with E-state index in [1.807, 2.05) is 6.92 Å². The molecule has 1 aliphatic heterocycles. The molecule has 2 N–H and O–H groups in total. The number of fused-ring (bicyclic) bond motifs is 1. The van der Waals surface area contributed by atoms with Gasteiger partial charge in [-0.1, -0.05) is 0 Å². The number of nitrogen functional groups attached to an aromatic ring is 1. The van der Waals surface area contributed by atoms with E-state index >= 15 is 0 Å². The summed E-state index contributed by atoms with van der Waals surface area (Å²) in [6.45, 7) is 3.16. The number of anilines is 1. The molecule has 1 unspecified atom stereocenters. The molecule has 0 amide bonds. The first-order chi connectivity index (χ1) is 9.81. The summed E-state index contributed by atoms with van der Waals surface area (Å²) in [5.41, 5.74) is 5.71. The summed E-state index contributed by atoms with van der Waals surface area (Å²) in [4.78, 5) is 4.09. The highest BCUT2D eigenvalue weighted by Gasteiger charge is 2.35. The van der Waals surface area contributed by atoms with Crippen molar-refractivity contribution in [3.63, 3.8) is 0 Å². The summed E-state index contributed by atoms with van der Waals surface area (Å²) in [7, 11) is 0. The molecule has 1 fully saturated rings. The number of nitrogens with two attached hydrogens (primary N) is 1. The third-order valence-corrected chi connectivity index (χ3v) is 3.96. The average Bonchev–Trinajstić information content (AvgIpc) is 2.74. The Kier molecular flexibility index (Phi) is 3.12. The zero-order valence-corrected chi connectivity index (χ0v) is 11.6. The van der Waals surface area contributed by atoms with Gasteiger partial charge in [0.2, 0.25) is 5.95 Å². The summed E-state index contributed by atoms with van der Waals surface area (Å²) in [5, 5.41) is 0. The van der Waals surface area contributed by atoms with Gasteiger partial charge in [0.05, 0.1) is 28.7 Å². The lowest BCUT2D eigenvalue weighted by Gasteiger charge is -2.35. The summed E-state index contributed by atoms with van der Waals surface area (Å²) >= 11 is 0. The molecule has 3 rings (SSSR count). The zero-order valence-electron chi connectivity index (χ0n) is 11.6. The number of halogens is 3. The fourth-order valence-corrected chi connectivity index (χ4v) is 2.94. The highest BCUT2D eigenvalue weighted by atomic mass is 19.4. The first-order valence-electron chi connectivity index (χ1n) is 6.75. The van der Waals surface area contributed by atoms with E-state index in [0.717, 1.165) is 25.0 Å². The van der Waals surface area contributed by atoms with Crippen molar-refractivity contribution < 1.29 is 17.9 Å². The highest BCUT2D eigenvalue weighted by molar-refractivity contribution is 5.79. The lowest BCUT2D eigenvalue weighted by atomic mass is 9.94. The van der Waals surface area contributed by atoms with E-state index in [-0.39, 0.29) is 17.0 Å². The third kappa shape index (κ3) is 2.35. The number of hydrogen-bond acceptors (Lipinski definition) is 3. The van der Waals surface area contributed by atoms with Crippen molar-refractivity contribution in [1.29, 1.82) is 0 Å². The molecular weight excluding hydrogens is 283 g/mol.